The average molecular weight is 319 g/mol. The smallest absolute Gasteiger partial charge is 0.231 e. The van der Waals surface area contributed by atoms with Gasteiger partial charge in [-0.1, -0.05) is 25.1 Å². The monoisotopic (exact) mass is 319 g/mol. The Morgan fingerprint density at radius 3 is 2.86 bits per heavy atom. The van der Waals surface area contributed by atoms with Crippen LogP contribution in [0.2, 0.25) is 0 Å². The number of aliphatic hydroxyl groups excluding tert-OH is 1. The lowest BCUT2D eigenvalue weighted by molar-refractivity contribution is 0.106. The van der Waals surface area contributed by atoms with E-state index in [4.69, 9.17) is 9.47 Å². The summed E-state index contributed by atoms with van der Waals surface area (Å²) in [6, 6.07) is 10.3. The highest BCUT2D eigenvalue weighted by molar-refractivity contribution is 7.09. The molecule has 1 N–H and O–H groups in total. The predicted molar refractivity (Wildman–Crippen MR) is 87.3 cm³/mol. The second-order valence-corrected chi connectivity index (χ2v) is 6.41. The molecular formula is C17H21NO3S. The molecule has 0 saturated heterocycles. The van der Waals surface area contributed by atoms with Gasteiger partial charge < -0.3 is 14.6 Å². The third kappa shape index (κ3) is 3.27. The van der Waals surface area contributed by atoms with Crippen molar-refractivity contribution in [2.24, 2.45) is 0 Å². The van der Waals surface area contributed by atoms with Gasteiger partial charge in [-0.15, -0.1) is 11.3 Å². The Hall–Kier alpha value is -1.56. The summed E-state index contributed by atoms with van der Waals surface area (Å²) in [6.07, 6.45) is 0.911. The van der Waals surface area contributed by atoms with Gasteiger partial charge in [0.1, 0.15) is 0 Å². The van der Waals surface area contributed by atoms with Crippen molar-refractivity contribution in [3.05, 3.63) is 46.2 Å². The van der Waals surface area contributed by atoms with Gasteiger partial charge in [-0.05, 0) is 23.9 Å². The van der Waals surface area contributed by atoms with E-state index in [9.17, 15) is 5.11 Å². The van der Waals surface area contributed by atoms with Gasteiger partial charge in [0, 0.05) is 29.6 Å². The van der Waals surface area contributed by atoms with E-state index in [1.54, 1.807) is 11.3 Å². The number of hydrogen-bond acceptors (Lipinski definition) is 5. The Balaban J connectivity index is 1.82. The molecule has 1 aromatic heterocycles. The maximum Gasteiger partial charge on any atom is 0.231 e. The summed E-state index contributed by atoms with van der Waals surface area (Å²) in [5.74, 6) is 1.65. The lowest BCUT2D eigenvalue weighted by Gasteiger charge is -2.29. The molecule has 0 amide bonds. The summed E-state index contributed by atoms with van der Waals surface area (Å²) in [5, 5.41) is 11.8. The number of rotatable bonds is 7. The van der Waals surface area contributed by atoms with Crippen LogP contribution >= 0.6 is 11.3 Å². The van der Waals surface area contributed by atoms with Crippen molar-refractivity contribution in [3.8, 4) is 11.5 Å². The van der Waals surface area contributed by atoms with Gasteiger partial charge in [0.15, 0.2) is 11.5 Å². The third-order valence-corrected chi connectivity index (χ3v) is 4.85. The van der Waals surface area contributed by atoms with E-state index in [2.05, 4.69) is 35.4 Å². The minimum atomic E-state index is 0.139. The Labute approximate surface area is 134 Å². The van der Waals surface area contributed by atoms with E-state index < -0.39 is 0 Å². The van der Waals surface area contributed by atoms with Crippen LogP contribution in [0.4, 0.5) is 0 Å². The SMILES string of the molecule is CC[C@H](CO)N(Cc1cccs1)Cc1cccc2c1OCO2. The van der Waals surface area contributed by atoms with Gasteiger partial charge >= 0.3 is 0 Å². The quantitative estimate of drug-likeness (QED) is 0.850. The van der Waals surface area contributed by atoms with Gasteiger partial charge in [0.2, 0.25) is 6.79 Å². The van der Waals surface area contributed by atoms with Crippen molar-refractivity contribution in [3.63, 3.8) is 0 Å². The molecule has 118 valence electrons. The number of ether oxygens (including phenoxy) is 2. The first kappa shape index (κ1) is 15.3. The number of hydrogen-bond donors (Lipinski definition) is 1. The van der Waals surface area contributed by atoms with Crippen LogP contribution in [0.1, 0.15) is 23.8 Å². The molecule has 0 aliphatic carbocycles. The molecule has 0 saturated carbocycles. The number of thiophene rings is 1. The molecule has 2 heterocycles. The highest BCUT2D eigenvalue weighted by Gasteiger charge is 2.22. The topological polar surface area (TPSA) is 41.9 Å². The lowest BCUT2D eigenvalue weighted by atomic mass is 10.1. The lowest BCUT2D eigenvalue weighted by Crippen LogP contribution is -2.36. The maximum absolute atomic E-state index is 9.70. The fourth-order valence-corrected chi connectivity index (χ4v) is 3.48. The molecule has 0 fully saturated rings. The van der Waals surface area contributed by atoms with E-state index in [1.807, 2.05) is 12.1 Å². The van der Waals surface area contributed by atoms with Crippen LogP contribution in [0.3, 0.4) is 0 Å². The third-order valence-electron chi connectivity index (χ3n) is 3.99. The molecule has 3 rings (SSSR count). The number of benzene rings is 1. The van der Waals surface area contributed by atoms with Crippen molar-refractivity contribution < 1.29 is 14.6 Å². The molecule has 2 aromatic rings. The number of nitrogens with zero attached hydrogens (tertiary/aromatic N) is 1. The zero-order chi connectivity index (χ0) is 15.4. The molecule has 0 spiro atoms. The summed E-state index contributed by atoms with van der Waals surface area (Å²) < 4.78 is 11.1. The molecule has 4 nitrogen and oxygen atoms in total. The van der Waals surface area contributed by atoms with E-state index in [0.29, 0.717) is 0 Å². The molecule has 1 aliphatic rings. The summed E-state index contributed by atoms with van der Waals surface area (Å²) in [5.41, 5.74) is 1.11. The van der Waals surface area contributed by atoms with Crippen molar-refractivity contribution in [1.29, 1.82) is 0 Å². The first-order valence-corrected chi connectivity index (χ1v) is 8.44. The number of para-hydroxylation sites is 1. The highest BCUT2D eigenvalue weighted by Crippen LogP contribution is 2.36. The minimum Gasteiger partial charge on any atom is -0.454 e. The molecular weight excluding hydrogens is 298 g/mol. The van der Waals surface area contributed by atoms with Crippen LogP contribution in [0, 0.1) is 0 Å². The molecule has 5 heteroatoms. The van der Waals surface area contributed by atoms with Crippen LogP contribution in [0.5, 0.6) is 11.5 Å². The summed E-state index contributed by atoms with van der Waals surface area (Å²) in [7, 11) is 0. The van der Waals surface area contributed by atoms with Crippen molar-refractivity contribution in [2.75, 3.05) is 13.4 Å². The normalized spacial score (nSPS) is 14.5. The fourth-order valence-electron chi connectivity index (χ4n) is 2.75. The first-order chi connectivity index (χ1) is 10.8. The van der Waals surface area contributed by atoms with Gasteiger partial charge in [-0.25, -0.2) is 0 Å². The largest absolute Gasteiger partial charge is 0.454 e. The van der Waals surface area contributed by atoms with Gasteiger partial charge in [-0.2, -0.15) is 0 Å². The maximum atomic E-state index is 9.70. The van der Waals surface area contributed by atoms with Crippen LogP contribution < -0.4 is 9.47 Å². The highest BCUT2D eigenvalue weighted by atomic mass is 32.1. The zero-order valence-electron chi connectivity index (χ0n) is 12.7. The van der Waals surface area contributed by atoms with Crippen molar-refractivity contribution in [1.82, 2.24) is 4.90 Å². The Kier molecular flexibility index (Phi) is 4.97. The molecule has 1 atom stereocenters. The van der Waals surface area contributed by atoms with E-state index in [1.165, 1.54) is 4.88 Å². The molecule has 0 unspecified atom stereocenters. The Morgan fingerprint density at radius 1 is 1.23 bits per heavy atom. The molecule has 1 aromatic carbocycles. The number of fused-ring (bicyclic) bond motifs is 1. The first-order valence-electron chi connectivity index (χ1n) is 7.56. The zero-order valence-corrected chi connectivity index (χ0v) is 13.5. The Bertz CT molecular complexity index is 596. The predicted octanol–water partition coefficient (Wildman–Crippen LogP) is 3.25. The molecule has 22 heavy (non-hydrogen) atoms. The van der Waals surface area contributed by atoms with Crippen LogP contribution in [0.15, 0.2) is 35.7 Å². The molecule has 0 bridgehead atoms. The van der Waals surface area contributed by atoms with Gasteiger partial charge in [0.05, 0.1) is 6.61 Å². The van der Waals surface area contributed by atoms with Crippen LogP contribution in [-0.4, -0.2) is 29.4 Å². The van der Waals surface area contributed by atoms with E-state index >= 15 is 0 Å². The van der Waals surface area contributed by atoms with Crippen LogP contribution in [-0.2, 0) is 13.1 Å². The van der Waals surface area contributed by atoms with E-state index in [-0.39, 0.29) is 19.4 Å². The second-order valence-electron chi connectivity index (χ2n) is 5.38. The minimum absolute atomic E-state index is 0.139. The van der Waals surface area contributed by atoms with Crippen LogP contribution in [0.25, 0.3) is 0 Å². The average Bonchev–Trinajstić information content (AvgIpc) is 3.19. The van der Waals surface area contributed by atoms with Crippen molar-refractivity contribution >= 4 is 11.3 Å². The summed E-state index contributed by atoms with van der Waals surface area (Å²) in [6.45, 7) is 4.13. The molecule has 0 radical (unpaired) electrons. The van der Waals surface area contributed by atoms with Gasteiger partial charge in [-0.3, -0.25) is 4.90 Å². The Morgan fingerprint density at radius 2 is 2.14 bits per heavy atom. The standard InChI is InChI=1S/C17H21NO3S/c1-2-14(11-19)18(10-15-6-4-8-22-15)9-13-5-3-7-16-17(13)21-12-20-16/h3-8,14,19H,2,9-12H2,1H3/t14-/m1/s1. The summed E-state index contributed by atoms with van der Waals surface area (Å²) >= 11 is 1.75. The number of aliphatic hydroxyl groups is 1. The van der Waals surface area contributed by atoms with Crippen molar-refractivity contribution in [2.45, 2.75) is 32.5 Å². The van der Waals surface area contributed by atoms with Gasteiger partial charge in [0.25, 0.3) is 0 Å². The summed E-state index contributed by atoms with van der Waals surface area (Å²) in [4.78, 5) is 3.61. The van der Waals surface area contributed by atoms with E-state index in [0.717, 1.165) is 36.6 Å². The fraction of sp³-hybridized carbons (Fsp3) is 0.412. The second kappa shape index (κ2) is 7.13. The molecule has 1 aliphatic heterocycles.